The molecule has 0 saturated heterocycles. The van der Waals surface area contributed by atoms with Gasteiger partial charge in [-0.05, 0) is 87.7 Å². The van der Waals surface area contributed by atoms with E-state index >= 15 is 0 Å². The van der Waals surface area contributed by atoms with Crippen LogP contribution in [-0.2, 0) is 7.05 Å². The van der Waals surface area contributed by atoms with E-state index in [0.717, 1.165) is 32.9 Å². The normalized spacial score (nSPS) is 12.4. The first-order valence-electron chi connectivity index (χ1n) is 15.2. The average molecular weight is 549 g/mol. The maximum absolute atomic E-state index is 10.3. The number of hydrogen-bond acceptors (Lipinski definition) is 1. The van der Waals surface area contributed by atoms with Crippen LogP contribution < -0.4 is 4.57 Å². The third-order valence-corrected chi connectivity index (χ3v) is 9.37. The summed E-state index contributed by atoms with van der Waals surface area (Å²) in [7, 11) is 2.15. The molecule has 3 aromatic heterocycles. The van der Waals surface area contributed by atoms with Crippen LogP contribution >= 0.6 is 0 Å². The van der Waals surface area contributed by atoms with Gasteiger partial charge >= 0.3 is 0 Å². The zero-order valence-electron chi connectivity index (χ0n) is 25.9. The minimum atomic E-state index is 0.396. The Morgan fingerprint density at radius 3 is 2.10 bits per heavy atom. The molecule has 3 heteroatoms. The standard InChI is InChI=1S/C39H38N3/c1-21(2)26-17-30(22(3)4)35(31(18-26)23(5)6)27-16-25-13-14-41(8)38-34-24(7)15-28(20-40)36-29-11-9-10-12-32(29)42(39(34)36)33(19-27)37(25)38/h9-19,21-23H,1-8H3/q+1. The molecule has 42 heavy (non-hydrogen) atoms. The highest BCUT2D eigenvalue weighted by atomic mass is 15.0. The van der Waals surface area contributed by atoms with Crippen LogP contribution in [0.25, 0.3) is 60.1 Å². The van der Waals surface area contributed by atoms with Crippen LogP contribution in [0.3, 0.4) is 0 Å². The summed E-state index contributed by atoms with van der Waals surface area (Å²) in [5, 5.41) is 16.2. The highest BCUT2D eigenvalue weighted by molar-refractivity contribution is 6.27. The summed E-state index contributed by atoms with van der Waals surface area (Å²) in [6.45, 7) is 16.0. The Labute approximate surface area is 248 Å². The van der Waals surface area contributed by atoms with Gasteiger partial charge < -0.3 is 4.40 Å². The third kappa shape index (κ3) is 3.54. The molecule has 208 valence electrons. The van der Waals surface area contributed by atoms with Crippen molar-refractivity contribution in [2.75, 3.05) is 0 Å². The summed E-state index contributed by atoms with van der Waals surface area (Å²) < 4.78 is 4.70. The summed E-state index contributed by atoms with van der Waals surface area (Å²) in [5.41, 5.74) is 13.5. The molecule has 0 N–H and O–H groups in total. The van der Waals surface area contributed by atoms with E-state index in [9.17, 15) is 5.26 Å². The number of rotatable bonds is 4. The third-order valence-electron chi connectivity index (χ3n) is 9.37. The fourth-order valence-electron chi connectivity index (χ4n) is 7.33. The number of benzene rings is 4. The van der Waals surface area contributed by atoms with Crippen molar-refractivity contribution in [2.24, 2.45) is 7.05 Å². The highest BCUT2D eigenvalue weighted by Crippen LogP contribution is 2.45. The number of nitriles is 1. The van der Waals surface area contributed by atoms with Crippen LogP contribution in [0.15, 0.2) is 66.9 Å². The second kappa shape index (κ2) is 9.30. The summed E-state index contributed by atoms with van der Waals surface area (Å²) in [6, 6.07) is 25.2. The molecular weight excluding hydrogens is 510 g/mol. The van der Waals surface area contributed by atoms with Crippen LogP contribution in [0.1, 0.15) is 87.1 Å². The number of aromatic nitrogens is 2. The molecule has 0 aliphatic heterocycles. The number of hydrogen-bond donors (Lipinski definition) is 0. The lowest BCUT2D eigenvalue weighted by molar-refractivity contribution is -0.643. The van der Waals surface area contributed by atoms with Crippen molar-refractivity contribution in [1.29, 1.82) is 5.26 Å². The molecule has 3 nitrogen and oxygen atoms in total. The number of para-hydroxylation sites is 1. The monoisotopic (exact) mass is 548 g/mol. The Bertz CT molecular complexity index is 2220. The molecule has 0 radical (unpaired) electrons. The fourth-order valence-corrected chi connectivity index (χ4v) is 7.33. The number of aryl methyl sites for hydroxylation is 2. The average Bonchev–Trinajstić information content (AvgIpc) is 3.31. The lowest BCUT2D eigenvalue weighted by atomic mass is 9.81. The predicted octanol–water partition coefficient (Wildman–Crippen LogP) is 10.0. The Kier molecular flexibility index (Phi) is 5.86. The summed E-state index contributed by atoms with van der Waals surface area (Å²) >= 11 is 0. The molecule has 0 atom stereocenters. The van der Waals surface area contributed by atoms with Crippen molar-refractivity contribution in [3.05, 3.63) is 94.7 Å². The van der Waals surface area contributed by atoms with E-state index in [1.165, 1.54) is 55.0 Å². The first kappa shape index (κ1) is 26.5. The number of fused-ring (bicyclic) bond motifs is 5. The molecule has 0 fully saturated rings. The molecule has 0 unspecified atom stereocenters. The van der Waals surface area contributed by atoms with Crippen molar-refractivity contribution < 1.29 is 4.57 Å². The van der Waals surface area contributed by atoms with Gasteiger partial charge in [-0.15, -0.1) is 0 Å². The largest absolute Gasteiger partial charge is 0.307 e. The molecule has 7 aromatic rings. The number of pyridine rings is 2. The molecular formula is C39H38N3+. The molecule has 0 amide bonds. The van der Waals surface area contributed by atoms with Crippen molar-refractivity contribution in [1.82, 2.24) is 4.40 Å². The minimum absolute atomic E-state index is 0.396. The van der Waals surface area contributed by atoms with Crippen LogP contribution in [0, 0.1) is 18.3 Å². The van der Waals surface area contributed by atoms with Gasteiger partial charge in [0.1, 0.15) is 7.05 Å². The Morgan fingerprint density at radius 1 is 0.762 bits per heavy atom. The van der Waals surface area contributed by atoms with Gasteiger partial charge in [0.05, 0.1) is 39.0 Å². The van der Waals surface area contributed by atoms with Gasteiger partial charge in [-0.1, -0.05) is 71.9 Å². The van der Waals surface area contributed by atoms with Crippen LogP contribution in [-0.4, -0.2) is 4.40 Å². The van der Waals surface area contributed by atoms with Crippen molar-refractivity contribution in [2.45, 2.75) is 66.2 Å². The molecule has 0 aliphatic rings. The second-order valence-corrected chi connectivity index (χ2v) is 13.1. The minimum Gasteiger partial charge on any atom is -0.307 e. The van der Waals surface area contributed by atoms with Crippen LogP contribution in [0.2, 0.25) is 0 Å². The molecule has 7 rings (SSSR count). The highest BCUT2D eigenvalue weighted by Gasteiger charge is 2.27. The van der Waals surface area contributed by atoms with E-state index in [4.69, 9.17) is 0 Å². The zero-order valence-corrected chi connectivity index (χ0v) is 25.9. The van der Waals surface area contributed by atoms with E-state index in [0.29, 0.717) is 17.8 Å². The second-order valence-electron chi connectivity index (χ2n) is 13.1. The zero-order chi connectivity index (χ0) is 29.6. The maximum atomic E-state index is 10.3. The SMILES string of the molecule is Cc1cc(C#N)c2c3ccccc3n3c4cc(-c5c(C(C)C)cc(C(C)C)cc5C(C)C)cc5cc[n+](C)c(c1c23)c54. The van der Waals surface area contributed by atoms with Gasteiger partial charge in [0, 0.05) is 16.8 Å². The van der Waals surface area contributed by atoms with Gasteiger partial charge in [-0.3, -0.25) is 0 Å². The van der Waals surface area contributed by atoms with E-state index in [2.05, 4.69) is 137 Å². The Hall–Kier alpha value is -4.42. The van der Waals surface area contributed by atoms with Gasteiger partial charge in [-0.25, -0.2) is 4.57 Å². The van der Waals surface area contributed by atoms with Crippen molar-refractivity contribution in [3.8, 4) is 17.2 Å². The van der Waals surface area contributed by atoms with E-state index in [-0.39, 0.29) is 0 Å². The summed E-state index contributed by atoms with van der Waals surface area (Å²) in [4.78, 5) is 0. The molecule has 0 aliphatic carbocycles. The van der Waals surface area contributed by atoms with E-state index in [1.807, 2.05) is 0 Å². The molecule has 3 heterocycles. The predicted molar refractivity (Wildman–Crippen MR) is 177 cm³/mol. The van der Waals surface area contributed by atoms with E-state index in [1.54, 1.807) is 0 Å². The number of nitrogens with zero attached hydrogens (tertiary/aromatic N) is 3. The smallest absolute Gasteiger partial charge is 0.224 e. The molecule has 0 bridgehead atoms. The fraction of sp³-hybridized carbons (Fsp3) is 0.282. The summed E-state index contributed by atoms with van der Waals surface area (Å²) in [5.74, 6) is 1.27. The van der Waals surface area contributed by atoms with Crippen molar-refractivity contribution >= 4 is 49.0 Å². The van der Waals surface area contributed by atoms with Crippen LogP contribution in [0.4, 0.5) is 0 Å². The maximum Gasteiger partial charge on any atom is 0.224 e. The quantitative estimate of drug-likeness (QED) is 0.122. The van der Waals surface area contributed by atoms with Gasteiger partial charge in [0.25, 0.3) is 0 Å². The summed E-state index contributed by atoms with van der Waals surface area (Å²) in [6.07, 6.45) is 2.20. The molecule has 0 spiro atoms. The lowest BCUT2D eigenvalue weighted by Crippen LogP contribution is -2.29. The van der Waals surface area contributed by atoms with Gasteiger partial charge in [-0.2, -0.15) is 5.26 Å². The molecule has 4 aromatic carbocycles. The molecule has 0 saturated carbocycles. The van der Waals surface area contributed by atoms with Crippen LogP contribution in [0.5, 0.6) is 0 Å². The lowest BCUT2D eigenvalue weighted by Gasteiger charge is -2.24. The Morgan fingerprint density at radius 2 is 1.45 bits per heavy atom. The first-order valence-corrected chi connectivity index (χ1v) is 15.2. The Balaban J connectivity index is 1.76. The van der Waals surface area contributed by atoms with Gasteiger partial charge in [0.15, 0.2) is 6.20 Å². The van der Waals surface area contributed by atoms with Gasteiger partial charge in [0.2, 0.25) is 5.52 Å². The first-order chi connectivity index (χ1) is 20.1. The van der Waals surface area contributed by atoms with Crippen molar-refractivity contribution in [3.63, 3.8) is 0 Å². The van der Waals surface area contributed by atoms with E-state index < -0.39 is 0 Å². The topological polar surface area (TPSA) is 32.1 Å².